The summed E-state index contributed by atoms with van der Waals surface area (Å²) in [5.41, 5.74) is 1.93. The van der Waals surface area contributed by atoms with Gasteiger partial charge in [-0.15, -0.1) is 0 Å². The molecule has 5 rings (SSSR count). The van der Waals surface area contributed by atoms with Crippen molar-refractivity contribution in [3.8, 4) is 16.8 Å². The van der Waals surface area contributed by atoms with Crippen molar-refractivity contribution in [2.45, 2.75) is 20.0 Å². The molecule has 0 aliphatic heterocycles. The molecule has 2 aromatic carbocycles. The van der Waals surface area contributed by atoms with Gasteiger partial charge in [0.05, 0.1) is 46.3 Å². The van der Waals surface area contributed by atoms with Crippen LogP contribution >= 0.6 is 0 Å². The molecular weight excluding hydrogens is 475 g/mol. The Morgan fingerprint density at radius 1 is 1.19 bits per heavy atom. The molecule has 186 valence electrons. The predicted molar refractivity (Wildman–Crippen MR) is 130 cm³/mol. The number of anilines is 1. The van der Waals surface area contributed by atoms with E-state index in [-0.39, 0.29) is 17.8 Å². The third-order valence-electron chi connectivity index (χ3n) is 6.23. The van der Waals surface area contributed by atoms with Gasteiger partial charge in [-0.1, -0.05) is 17.3 Å². The third kappa shape index (κ3) is 3.72. The van der Waals surface area contributed by atoms with E-state index in [0.29, 0.717) is 40.1 Å². The number of imidazole rings is 1. The highest BCUT2D eigenvalue weighted by molar-refractivity contribution is 6.07. The first kappa shape index (κ1) is 23.6. The average Bonchev–Trinajstić information content (AvgIpc) is 3.35. The molecule has 0 saturated carbocycles. The number of para-hydroxylation sites is 1. The van der Waals surface area contributed by atoms with Crippen LogP contribution in [0.15, 0.2) is 51.9 Å². The zero-order valence-corrected chi connectivity index (χ0v) is 19.6. The zero-order chi connectivity index (χ0) is 25.8. The Morgan fingerprint density at radius 2 is 1.94 bits per heavy atom. The maximum atomic E-state index is 13.8. The molecule has 5 aromatic rings. The first-order chi connectivity index (χ1) is 17.1. The van der Waals surface area contributed by atoms with E-state index in [4.69, 9.17) is 4.52 Å². The number of aromatic amines is 1. The zero-order valence-electron chi connectivity index (χ0n) is 19.6. The second kappa shape index (κ2) is 8.52. The molecule has 3 aromatic heterocycles. The smallest absolute Gasteiger partial charge is 0.395 e. The summed E-state index contributed by atoms with van der Waals surface area (Å²) in [4.78, 5) is 21.9. The number of aryl methyl sites for hydroxylation is 2. The van der Waals surface area contributed by atoms with Crippen molar-refractivity contribution in [1.82, 2.24) is 19.7 Å². The van der Waals surface area contributed by atoms with E-state index < -0.39 is 17.4 Å². The van der Waals surface area contributed by atoms with Gasteiger partial charge in [-0.25, -0.2) is 4.79 Å². The molecule has 0 saturated heterocycles. The van der Waals surface area contributed by atoms with E-state index in [1.54, 1.807) is 33.0 Å². The number of alkyl halides is 3. The lowest BCUT2D eigenvalue weighted by molar-refractivity contribution is -0.137. The summed E-state index contributed by atoms with van der Waals surface area (Å²) in [7, 11) is 1.79. The fourth-order valence-corrected chi connectivity index (χ4v) is 4.61. The van der Waals surface area contributed by atoms with Crippen molar-refractivity contribution in [1.29, 1.82) is 0 Å². The molecule has 0 spiro atoms. The summed E-state index contributed by atoms with van der Waals surface area (Å²) < 4.78 is 47.9. The maximum Gasteiger partial charge on any atom is 0.418 e. The number of pyridine rings is 1. The van der Waals surface area contributed by atoms with Crippen LogP contribution < -0.4 is 10.6 Å². The average molecular weight is 497 g/mol. The van der Waals surface area contributed by atoms with Crippen LogP contribution in [0, 0.1) is 13.8 Å². The number of H-pyrrole nitrogens is 1. The number of hydrogen-bond acceptors (Lipinski definition) is 6. The number of halogens is 3. The van der Waals surface area contributed by atoms with E-state index >= 15 is 0 Å². The topological polar surface area (TPSA) is 100 Å². The van der Waals surface area contributed by atoms with Crippen molar-refractivity contribution >= 4 is 27.6 Å². The molecular formula is C25H22F3N5O3. The number of likely N-dealkylation sites (N-methyl/N-ethyl adjacent to an activating group) is 1. The molecule has 11 heteroatoms. The number of fused-ring (bicyclic) bond motifs is 3. The Kier molecular flexibility index (Phi) is 5.59. The number of nitrogens with one attached hydrogen (secondary N) is 1. The second-order valence-corrected chi connectivity index (χ2v) is 8.53. The van der Waals surface area contributed by atoms with E-state index in [1.807, 2.05) is 4.90 Å². The van der Waals surface area contributed by atoms with Crippen LogP contribution in [0.3, 0.4) is 0 Å². The predicted octanol–water partition coefficient (Wildman–Crippen LogP) is 4.59. The molecule has 0 amide bonds. The molecule has 0 atom stereocenters. The van der Waals surface area contributed by atoms with Crippen LogP contribution in [0.25, 0.3) is 38.8 Å². The number of benzene rings is 2. The number of aliphatic hydroxyl groups excluding tert-OH is 1. The van der Waals surface area contributed by atoms with Gasteiger partial charge in [0.1, 0.15) is 5.76 Å². The van der Waals surface area contributed by atoms with Gasteiger partial charge in [0.2, 0.25) is 0 Å². The van der Waals surface area contributed by atoms with Crippen LogP contribution in [-0.4, -0.2) is 45.0 Å². The van der Waals surface area contributed by atoms with E-state index in [2.05, 4.69) is 15.1 Å². The maximum absolute atomic E-state index is 13.8. The third-order valence-corrected chi connectivity index (χ3v) is 6.23. The highest BCUT2D eigenvalue weighted by atomic mass is 19.4. The molecule has 0 radical (unpaired) electrons. The molecule has 0 unspecified atom stereocenters. The highest BCUT2D eigenvalue weighted by Gasteiger charge is 2.34. The van der Waals surface area contributed by atoms with Crippen LogP contribution in [0.5, 0.6) is 0 Å². The minimum absolute atomic E-state index is 0.119. The summed E-state index contributed by atoms with van der Waals surface area (Å²) in [6, 6.07) is 8.50. The molecule has 2 N–H and O–H groups in total. The van der Waals surface area contributed by atoms with Crippen molar-refractivity contribution in [3.05, 3.63) is 70.1 Å². The number of hydrogen-bond donors (Lipinski definition) is 2. The van der Waals surface area contributed by atoms with Crippen molar-refractivity contribution in [3.63, 3.8) is 0 Å². The number of aromatic nitrogens is 4. The molecule has 0 aliphatic rings. The van der Waals surface area contributed by atoms with Gasteiger partial charge >= 0.3 is 11.9 Å². The minimum Gasteiger partial charge on any atom is -0.395 e. The van der Waals surface area contributed by atoms with Gasteiger partial charge in [0.15, 0.2) is 0 Å². The van der Waals surface area contributed by atoms with E-state index in [0.717, 1.165) is 21.8 Å². The summed E-state index contributed by atoms with van der Waals surface area (Å²) in [5, 5.41) is 14.1. The van der Waals surface area contributed by atoms with Crippen molar-refractivity contribution < 1.29 is 22.8 Å². The van der Waals surface area contributed by atoms with Crippen molar-refractivity contribution in [2.75, 3.05) is 25.1 Å². The standard InChI is InChI=1S/C25H22F3N5O3/c1-13-22(14(2)36-31-13)16-10-18-15(11-21(16)32(3)8-9-34)23-19(12-29-18)30-24(35)33(23)20-7-5-4-6-17(20)25(26,27)28/h4-7,10-12,34H,8-9H2,1-3H3,(H,30,35). The first-order valence-corrected chi connectivity index (χ1v) is 11.1. The van der Waals surface area contributed by atoms with Gasteiger partial charge in [-0.3, -0.25) is 9.55 Å². The van der Waals surface area contributed by atoms with Crippen LogP contribution in [0.1, 0.15) is 17.0 Å². The lowest BCUT2D eigenvalue weighted by Gasteiger charge is -2.23. The minimum atomic E-state index is -4.66. The number of nitrogens with zero attached hydrogens (tertiary/aromatic N) is 4. The second-order valence-electron chi connectivity index (χ2n) is 8.53. The van der Waals surface area contributed by atoms with Crippen LogP contribution in [0.2, 0.25) is 0 Å². The normalized spacial score (nSPS) is 12.1. The van der Waals surface area contributed by atoms with E-state index in [9.17, 15) is 23.1 Å². The quantitative estimate of drug-likeness (QED) is 0.369. The fourth-order valence-electron chi connectivity index (χ4n) is 4.61. The first-order valence-electron chi connectivity index (χ1n) is 11.1. The largest absolute Gasteiger partial charge is 0.418 e. The lowest BCUT2D eigenvalue weighted by atomic mass is 9.98. The van der Waals surface area contributed by atoms with Crippen LogP contribution in [-0.2, 0) is 6.18 Å². The van der Waals surface area contributed by atoms with Gasteiger partial charge < -0.3 is 19.5 Å². The summed E-state index contributed by atoms with van der Waals surface area (Å²) >= 11 is 0. The molecule has 8 nitrogen and oxygen atoms in total. The van der Waals surface area contributed by atoms with E-state index in [1.165, 1.54) is 24.4 Å². The summed E-state index contributed by atoms with van der Waals surface area (Å²) in [5.74, 6) is 0.587. The Hall–Kier alpha value is -4.12. The Bertz CT molecular complexity index is 1650. The van der Waals surface area contributed by atoms with Crippen molar-refractivity contribution in [2.24, 2.45) is 0 Å². The fraction of sp³-hybridized carbons (Fsp3) is 0.240. The van der Waals surface area contributed by atoms with Crippen LogP contribution in [0.4, 0.5) is 18.9 Å². The molecule has 3 heterocycles. The van der Waals surface area contributed by atoms with Gasteiger partial charge in [-0.2, -0.15) is 13.2 Å². The van der Waals surface area contributed by atoms with Gasteiger partial charge in [0, 0.05) is 35.8 Å². The summed E-state index contributed by atoms with van der Waals surface area (Å²) in [6.07, 6.45) is -3.23. The number of rotatable bonds is 5. The van der Waals surface area contributed by atoms with Gasteiger partial charge in [0.25, 0.3) is 0 Å². The van der Waals surface area contributed by atoms with Gasteiger partial charge in [-0.05, 0) is 38.1 Å². The molecule has 0 fully saturated rings. The molecule has 0 bridgehead atoms. The number of aliphatic hydroxyl groups is 1. The highest BCUT2D eigenvalue weighted by Crippen LogP contribution is 2.40. The Balaban J connectivity index is 1.90. The Morgan fingerprint density at radius 3 is 2.61 bits per heavy atom. The SMILES string of the molecule is Cc1noc(C)c1-c1cc2ncc3[nH]c(=O)n(-c4ccccc4C(F)(F)F)c3c2cc1N(C)CCO. The molecule has 36 heavy (non-hydrogen) atoms. The summed E-state index contributed by atoms with van der Waals surface area (Å²) in [6.45, 7) is 3.76. The lowest BCUT2D eigenvalue weighted by Crippen LogP contribution is -2.22. The monoisotopic (exact) mass is 497 g/mol. The Labute approximate surface area is 202 Å². The molecule has 0 aliphatic carbocycles.